The van der Waals surface area contributed by atoms with Crippen LogP contribution in [-0.2, 0) is 4.74 Å². The Balaban J connectivity index is 1.58. The van der Waals surface area contributed by atoms with Crippen molar-refractivity contribution in [3.8, 4) is 0 Å². The molecule has 0 bridgehead atoms. The molecule has 2 aromatic carbocycles. The van der Waals surface area contributed by atoms with Crippen LogP contribution in [0, 0.1) is 0 Å². The minimum absolute atomic E-state index is 0.0573. The molecule has 1 aliphatic heterocycles. The maximum atomic E-state index is 13.7. The molecule has 0 atom stereocenters. The van der Waals surface area contributed by atoms with Gasteiger partial charge in [-0.3, -0.25) is 14.8 Å². The minimum atomic E-state index is -0.0573. The number of rotatable bonds is 6. The van der Waals surface area contributed by atoms with Gasteiger partial charge in [-0.15, -0.1) is 0 Å². The molecule has 160 valence electrons. The van der Waals surface area contributed by atoms with E-state index < -0.39 is 0 Å². The Bertz CT molecular complexity index is 1330. The van der Waals surface area contributed by atoms with Crippen molar-refractivity contribution in [2.45, 2.75) is 6.42 Å². The number of ether oxygens (including phenoxy) is 1. The van der Waals surface area contributed by atoms with Crippen molar-refractivity contribution in [3.63, 3.8) is 0 Å². The minimum Gasteiger partial charge on any atom is -0.397 e. The van der Waals surface area contributed by atoms with Gasteiger partial charge in [0.1, 0.15) is 0 Å². The molecule has 5 rings (SSSR count). The zero-order valence-electron chi connectivity index (χ0n) is 17.4. The summed E-state index contributed by atoms with van der Waals surface area (Å²) in [5.74, 6) is 0. The first-order valence-corrected chi connectivity index (χ1v) is 10.6. The van der Waals surface area contributed by atoms with Gasteiger partial charge in [0.2, 0.25) is 0 Å². The topological polar surface area (TPSA) is 101 Å². The van der Waals surface area contributed by atoms with Crippen LogP contribution in [0.3, 0.4) is 0 Å². The van der Waals surface area contributed by atoms with Gasteiger partial charge in [-0.05, 0) is 37.2 Å². The molecule has 0 amide bonds. The van der Waals surface area contributed by atoms with E-state index in [1.165, 1.54) is 0 Å². The van der Waals surface area contributed by atoms with E-state index in [0.29, 0.717) is 22.0 Å². The lowest BCUT2D eigenvalue weighted by Crippen LogP contribution is -2.37. The molecule has 8 nitrogen and oxygen atoms in total. The van der Waals surface area contributed by atoms with Crippen LogP contribution in [0.4, 0.5) is 11.4 Å². The fourth-order valence-corrected chi connectivity index (χ4v) is 4.47. The highest BCUT2D eigenvalue weighted by molar-refractivity contribution is 6.13. The molecule has 0 saturated carbocycles. The largest absolute Gasteiger partial charge is 0.397 e. The number of hydrogen-bond acceptors (Lipinski definition) is 6. The van der Waals surface area contributed by atoms with Crippen molar-refractivity contribution < 1.29 is 4.74 Å². The summed E-state index contributed by atoms with van der Waals surface area (Å²) in [5.41, 5.74) is 9.86. The highest BCUT2D eigenvalue weighted by Crippen LogP contribution is 2.32. The molecule has 4 aromatic rings. The van der Waals surface area contributed by atoms with Crippen molar-refractivity contribution in [2.75, 3.05) is 50.4 Å². The number of nitrogens with two attached hydrogens (primary N) is 1. The summed E-state index contributed by atoms with van der Waals surface area (Å²) in [6, 6.07) is 7.55. The molecule has 2 aromatic heterocycles. The Morgan fingerprint density at radius 2 is 2.06 bits per heavy atom. The van der Waals surface area contributed by atoms with Crippen LogP contribution in [0.15, 0.2) is 41.8 Å². The Hall–Kier alpha value is -3.36. The fraction of sp³-hybridized carbons (Fsp3) is 0.304. The first-order valence-electron chi connectivity index (χ1n) is 10.6. The van der Waals surface area contributed by atoms with Gasteiger partial charge in [0.05, 0.1) is 52.4 Å². The van der Waals surface area contributed by atoms with Gasteiger partial charge in [0, 0.05) is 36.9 Å². The van der Waals surface area contributed by atoms with E-state index in [4.69, 9.17) is 10.5 Å². The van der Waals surface area contributed by atoms with Crippen molar-refractivity contribution in [2.24, 2.45) is 0 Å². The summed E-state index contributed by atoms with van der Waals surface area (Å²) in [7, 11) is 0. The van der Waals surface area contributed by atoms with Gasteiger partial charge in [-0.25, -0.2) is 0 Å². The molecule has 0 unspecified atom stereocenters. The van der Waals surface area contributed by atoms with E-state index >= 15 is 0 Å². The first kappa shape index (κ1) is 19.6. The smallest absolute Gasteiger partial charge is 0.200 e. The lowest BCUT2D eigenvalue weighted by atomic mass is 10.0. The summed E-state index contributed by atoms with van der Waals surface area (Å²) in [6.07, 6.45) is 4.37. The van der Waals surface area contributed by atoms with Crippen LogP contribution in [0.25, 0.3) is 38.9 Å². The number of benzene rings is 2. The average molecular weight is 419 g/mol. The quantitative estimate of drug-likeness (QED) is 0.253. The van der Waals surface area contributed by atoms with E-state index in [9.17, 15) is 4.79 Å². The summed E-state index contributed by atoms with van der Waals surface area (Å²) < 4.78 is 7.30. The third kappa shape index (κ3) is 3.34. The number of nitrogens with zero attached hydrogens (tertiary/aromatic N) is 3. The molecular formula is C23H26N6O2. The van der Waals surface area contributed by atoms with Gasteiger partial charge in [-0.1, -0.05) is 6.58 Å². The Labute approximate surface area is 179 Å². The monoisotopic (exact) mass is 418 g/mol. The highest BCUT2D eigenvalue weighted by atomic mass is 16.5. The number of aromatic amines is 1. The van der Waals surface area contributed by atoms with Crippen molar-refractivity contribution in [1.82, 2.24) is 19.7 Å². The molecule has 8 heteroatoms. The summed E-state index contributed by atoms with van der Waals surface area (Å²) in [4.78, 5) is 16.1. The average Bonchev–Trinajstić information content (AvgIpc) is 3.28. The number of morpholine rings is 1. The SMILES string of the molecule is C=Cn1c2ccc3[nH]ncc3c2c(=O)c2c(NCCCN3CCOCC3)ccc(N)c21. The van der Waals surface area contributed by atoms with Gasteiger partial charge in [0.25, 0.3) is 0 Å². The second-order valence-electron chi connectivity index (χ2n) is 7.83. The number of fused-ring (bicyclic) bond motifs is 4. The molecule has 1 aliphatic rings. The molecule has 1 fully saturated rings. The summed E-state index contributed by atoms with van der Waals surface area (Å²) >= 11 is 0. The molecule has 3 heterocycles. The molecule has 1 saturated heterocycles. The number of nitrogens with one attached hydrogen (secondary N) is 2. The van der Waals surface area contributed by atoms with Crippen LogP contribution >= 0.6 is 0 Å². The van der Waals surface area contributed by atoms with Crippen LogP contribution in [-0.4, -0.2) is 59.1 Å². The van der Waals surface area contributed by atoms with Gasteiger partial charge in [-0.2, -0.15) is 5.10 Å². The third-order valence-electron chi connectivity index (χ3n) is 6.02. The maximum absolute atomic E-state index is 13.7. The number of anilines is 2. The number of nitrogen functional groups attached to an aromatic ring is 1. The van der Waals surface area contributed by atoms with Crippen molar-refractivity contribution in [1.29, 1.82) is 0 Å². The zero-order valence-corrected chi connectivity index (χ0v) is 17.4. The van der Waals surface area contributed by atoms with E-state index in [1.54, 1.807) is 12.4 Å². The Morgan fingerprint density at radius 1 is 1.23 bits per heavy atom. The van der Waals surface area contributed by atoms with Crippen LogP contribution in [0.5, 0.6) is 0 Å². The predicted molar refractivity (Wildman–Crippen MR) is 127 cm³/mol. The Morgan fingerprint density at radius 3 is 2.87 bits per heavy atom. The van der Waals surface area contributed by atoms with E-state index in [0.717, 1.165) is 67.9 Å². The summed E-state index contributed by atoms with van der Waals surface area (Å²) in [5, 5.41) is 12.5. The number of hydrogen-bond donors (Lipinski definition) is 3. The van der Waals surface area contributed by atoms with Crippen molar-refractivity contribution >= 4 is 50.3 Å². The lowest BCUT2D eigenvalue weighted by molar-refractivity contribution is 0.0378. The first-order chi connectivity index (χ1) is 15.2. The molecule has 0 spiro atoms. The molecule has 0 radical (unpaired) electrons. The van der Waals surface area contributed by atoms with Crippen LogP contribution in [0.2, 0.25) is 0 Å². The number of H-pyrrole nitrogens is 1. The van der Waals surface area contributed by atoms with Gasteiger partial charge >= 0.3 is 0 Å². The summed E-state index contributed by atoms with van der Waals surface area (Å²) in [6.45, 7) is 9.28. The standard InChI is InChI=1S/C23H26N6O2/c1-2-29-19-7-6-17-15(14-26-27-17)20(19)23(30)21-18(5-4-16(24)22(21)29)25-8-3-9-28-10-12-31-13-11-28/h2,4-7,14,25H,1,3,8-13,24H2,(H,26,27). The van der Waals surface area contributed by atoms with E-state index in [-0.39, 0.29) is 5.43 Å². The second kappa shape index (κ2) is 8.05. The molecule has 4 N–H and O–H groups in total. The van der Waals surface area contributed by atoms with Crippen molar-refractivity contribution in [3.05, 3.63) is 47.3 Å². The molecule has 31 heavy (non-hydrogen) atoms. The number of pyridine rings is 1. The lowest BCUT2D eigenvalue weighted by Gasteiger charge is -2.26. The second-order valence-corrected chi connectivity index (χ2v) is 7.83. The van der Waals surface area contributed by atoms with Crippen LogP contribution < -0.4 is 16.5 Å². The molecule has 0 aliphatic carbocycles. The normalized spacial score (nSPS) is 15.1. The zero-order chi connectivity index (χ0) is 21.4. The maximum Gasteiger partial charge on any atom is 0.200 e. The Kier molecular flexibility index (Phi) is 5.09. The molecular weight excluding hydrogens is 392 g/mol. The van der Waals surface area contributed by atoms with Gasteiger partial charge in [0.15, 0.2) is 5.43 Å². The van der Waals surface area contributed by atoms with Gasteiger partial charge < -0.3 is 20.4 Å². The van der Waals surface area contributed by atoms with E-state index in [1.807, 2.05) is 28.8 Å². The number of aromatic nitrogens is 3. The fourth-order valence-electron chi connectivity index (χ4n) is 4.47. The third-order valence-corrected chi connectivity index (χ3v) is 6.02. The highest BCUT2D eigenvalue weighted by Gasteiger charge is 2.18. The predicted octanol–water partition coefficient (Wildman–Crippen LogP) is 2.85. The van der Waals surface area contributed by atoms with Crippen LogP contribution in [0.1, 0.15) is 6.42 Å². The van der Waals surface area contributed by atoms with E-state index in [2.05, 4.69) is 27.0 Å².